The lowest BCUT2D eigenvalue weighted by molar-refractivity contribution is -0.137. The van der Waals surface area contributed by atoms with E-state index in [0.29, 0.717) is 30.1 Å². The molecule has 0 spiro atoms. The Bertz CT molecular complexity index is 809. The van der Waals surface area contributed by atoms with Crippen molar-refractivity contribution in [1.82, 2.24) is 10.2 Å². The number of nitrogens with two attached hydrogens (primary N) is 2. The molecule has 3 amide bonds. The van der Waals surface area contributed by atoms with Gasteiger partial charge in [-0.2, -0.15) is 0 Å². The van der Waals surface area contributed by atoms with Gasteiger partial charge in [0.25, 0.3) is 5.71 Å². The Hall–Kier alpha value is -2.90. The third-order valence-corrected chi connectivity index (χ3v) is 5.83. The van der Waals surface area contributed by atoms with E-state index in [2.05, 4.69) is 17.6 Å². The molecule has 29 heavy (non-hydrogen) atoms. The van der Waals surface area contributed by atoms with E-state index >= 15 is 0 Å². The average Bonchev–Trinajstić information content (AvgIpc) is 3.34. The van der Waals surface area contributed by atoms with Crippen molar-refractivity contribution in [2.75, 3.05) is 18.4 Å². The molecular weight excluding hydrogens is 370 g/mol. The lowest BCUT2D eigenvalue weighted by Gasteiger charge is -2.26. The van der Waals surface area contributed by atoms with E-state index in [9.17, 15) is 14.4 Å². The molecule has 3 rings (SSSR count). The highest BCUT2D eigenvalue weighted by Gasteiger charge is 2.35. The molecule has 156 valence electrons. The predicted molar refractivity (Wildman–Crippen MR) is 110 cm³/mol. The van der Waals surface area contributed by atoms with E-state index in [1.807, 2.05) is 0 Å². The van der Waals surface area contributed by atoms with Crippen molar-refractivity contribution >= 4 is 29.1 Å². The highest BCUT2D eigenvalue weighted by Crippen LogP contribution is 2.26. The monoisotopic (exact) mass is 400 g/mol. The van der Waals surface area contributed by atoms with Crippen molar-refractivity contribution in [2.24, 2.45) is 11.7 Å². The Kier molecular flexibility index (Phi) is 6.51. The molecular formula is C21H30N5O3+. The molecule has 2 aliphatic rings. The zero-order valence-electron chi connectivity index (χ0n) is 16.8. The van der Waals surface area contributed by atoms with Gasteiger partial charge in [-0.3, -0.25) is 14.4 Å². The van der Waals surface area contributed by atoms with E-state index in [0.717, 1.165) is 25.7 Å². The number of carbonyl (C=O) groups is 3. The summed E-state index contributed by atoms with van der Waals surface area (Å²) in [4.78, 5) is 38.5. The summed E-state index contributed by atoms with van der Waals surface area (Å²) in [5.74, 6) is -0.296. The summed E-state index contributed by atoms with van der Waals surface area (Å²) in [5, 5.41) is 11.9. The van der Waals surface area contributed by atoms with Gasteiger partial charge in [-0.25, -0.2) is 5.41 Å². The third kappa shape index (κ3) is 4.93. The summed E-state index contributed by atoms with van der Waals surface area (Å²) in [6.45, 7) is 2.77. The number of nitrogens with one attached hydrogen (secondary N) is 2. The second-order valence-electron chi connectivity index (χ2n) is 8.05. The van der Waals surface area contributed by atoms with Crippen LogP contribution >= 0.6 is 0 Å². The van der Waals surface area contributed by atoms with Crippen molar-refractivity contribution in [3.8, 4) is 0 Å². The van der Waals surface area contributed by atoms with Gasteiger partial charge in [0.15, 0.2) is 0 Å². The zero-order chi connectivity index (χ0) is 21.0. The summed E-state index contributed by atoms with van der Waals surface area (Å²) in [5.41, 5.74) is 6.22. The van der Waals surface area contributed by atoms with Crippen LogP contribution in [-0.2, 0) is 14.4 Å². The molecule has 8 heteroatoms. The van der Waals surface area contributed by atoms with Gasteiger partial charge in [0.2, 0.25) is 11.8 Å². The normalized spacial score (nSPS) is 23.6. The number of amides is 3. The predicted octanol–water partition coefficient (Wildman–Crippen LogP) is -0.572. The summed E-state index contributed by atoms with van der Waals surface area (Å²) in [6, 6.07) is 6.71. The SMILES string of the molecule is CC1CCC(NC(=O)[C@@H]2CCCN2C(=O)CNc2ccccc2C(=[NH2+])C(N)=O)C1. The Morgan fingerprint density at radius 1 is 1.21 bits per heavy atom. The first-order chi connectivity index (χ1) is 13.9. The minimum Gasteiger partial charge on any atom is -0.375 e. The van der Waals surface area contributed by atoms with E-state index in [1.54, 1.807) is 29.2 Å². The van der Waals surface area contributed by atoms with Crippen LogP contribution in [0.2, 0.25) is 0 Å². The number of para-hydroxylation sites is 1. The fourth-order valence-electron chi connectivity index (χ4n) is 4.25. The highest BCUT2D eigenvalue weighted by molar-refractivity contribution is 6.43. The lowest BCUT2D eigenvalue weighted by atomic mass is 10.1. The number of rotatable bonds is 7. The third-order valence-electron chi connectivity index (χ3n) is 5.83. The molecule has 1 aromatic rings. The van der Waals surface area contributed by atoms with Gasteiger partial charge in [0.05, 0.1) is 12.1 Å². The number of likely N-dealkylation sites (tertiary alicyclic amines) is 1. The molecule has 0 aromatic heterocycles. The number of hydrogen-bond acceptors (Lipinski definition) is 4. The summed E-state index contributed by atoms with van der Waals surface area (Å²) >= 11 is 0. The van der Waals surface area contributed by atoms with E-state index in [4.69, 9.17) is 11.1 Å². The maximum atomic E-state index is 12.8. The molecule has 1 aliphatic heterocycles. The van der Waals surface area contributed by atoms with Crippen molar-refractivity contribution < 1.29 is 19.8 Å². The average molecular weight is 401 g/mol. The van der Waals surface area contributed by atoms with Crippen LogP contribution in [0.3, 0.4) is 0 Å². The van der Waals surface area contributed by atoms with Crippen LogP contribution in [-0.4, -0.2) is 53.5 Å². The van der Waals surface area contributed by atoms with E-state index in [1.165, 1.54) is 0 Å². The fraction of sp³-hybridized carbons (Fsp3) is 0.524. The Balaban J connectivity index is 1.60. The molecule has 1 saturated carbocycles. The number of anilines is 1. The van der Waals surface area contributed by atoms with Gasteiger partial charge in [0.1, 0.15) is 6.04 Å². The zero-order valence-corrected chi connectivity index (χ0v) is 16.8. The molecule has 8 nitrogen and oxygen atoms in total. The van der Waals surface area contributed by atoms with Gasteiger partial charge >= 0.3 is 5.91 Å². The van der Waals surface area contributed by atoms with Crippen molar-refractivity contribution in [2.45, 2.75) is 51.1 Å². The largest absolute Gasteiger partial charge is 0.375 e. The first-order valence-corrected chi connectivity index (χ1v) is 10.2. The van der Waals surface area contributed by atoms with E-state index < -0.39 is 11.9 Å². The first kappa shape index (κ1) is 20.8. The molecule has 2 unspecified atom stereocenters. The quantitative estimate of drug-likeness (QED) is 0.457. The lowest BCUT2D eigenvalue weighted by Crippen LogP contribution is -2.50. The Morgan fingerprint density at radius 2 is 1.97 bits per heavy atom. The van der Waals surface area contributed by atoms with Crippen LogP contribution in [0.5, 0.6) is 0 Å². The molecule has 1 saturated heterocycles. The van der Waals surface area contributed by atoms with Crippen molar-refractivity contribution in [1.29, 1.82) is 0 Å². The second kappa shape index (κ2) is 9.07. The molecule has 0 radical (unpaired) electrons. The van der Waals surface area contributed by atoms with Gasteiger partial charge < -0.3 is 21.3 Å². The van der Waals surface area contributed by atoms with E-state index in [-0.39, 0.29) is 30.1 Å². The minimum atomic E-state index is -0.719. The number of primary amides is 1. The molecule has 1 aromatic carbocycles. The van der Waals surface area contributed by atoms with Crippen LogP contribution in [0.25, 0.3) is 0 Å². The van der Waals surface area contributed by atoms with Crippen LogP contribution < -0.4 is 21.8 Å². The Morgan fingerprint density at radius 3 is 2.66 bits per heavy atom. The van der Waals surface area contributed by atoms with Crippen LogP contribution in [0.4, 0.5) is 5.69 Å². The molecule has 6 N–H and O–H groups in total. The van der Waals surface area contributed by atoms with Crippen LogP contribution in [0.15, 0.2) is 24.3 Å². The summed E-state index contributed by atoms with van der Waals surface area (Å²) in [7, 11) is 0. The molecule has 2 fully saturated rings. The maximum Gasteiger partial charge on any atom is 0.313 e. The molecule has 1 aliphatic carbocycles. The molecule has 0 bridgehead atoms. The van der Waals surface area contributed by atoms with Crippen LogP contribution in [0.1, 0.15) is 44.6 Å². The smallest absolute Gasteiger partial charge is 0.313 e. The van der Waals surface area contributed by atoms with Crippen LogP contribution in [0, 0.1) is 5.92 Å². The fourth-order valence-corrected chi connectivity index (χ4v) is 4.25. The number of carbonyl (C=O) groups excluding carboxylic acids is 3. The summed E-state index contributed by atoms with van der Waals surface area (Å²) < 4.78 is 0. The van der Waals surface area contributed by atoms with Gasteiger partial charge in [-0.15, -0.1) is 0 Å². The van der Waals surface area contributed by atoms with Gasteiger partial charge in [0, 0.05) is 18.3 Å². The van der Waals surface area contributed by atoms with Crippen molar-refractivity contribution in [3.05, 3.63) is 29.8 Å². The number of benzene rings is 1. The summed E-state index contributed by atoms with van der Waals surface area (Å²) in [6.07, 6.45) is 4.63. The standard InChI is InChI=1S/C21H29N5O3/c1-13-8-9-14(11-13)25-21(29)17-7-4-10-26(17)18(27)12-24-16-6-3-2-5-15(16)19(22)20(23)28/h2-3,5-6,13-14,17,22,24H,4,7-12H2,1H3,(H2,23,28)(H,25,29)/p+1/t13?,14?,17-/m0/s1. The van der Waals surface area contributed by atoms with Crippen molar-refractivity contribution in [3.63, 3.8) is 0 Å². The first-order valence-electron chi connectivity index (χ1n) is 10.2. The molecule has 1 heterocycles. The molecule has 3 atom stereocenters. The minimum absolute atomic E-state index is 0.00724. The topological polar surface area (TPSA) is 130 Å². The number of nitrogens with zero attached hydrogens (tertiary/aromatic N) is 1. The second-order valence-corrected chi connectivity index (χ2v) is 8.05. The number of hydrogen-bond donors (Lipinski definition) is 4. The van der Waals surface area contributed by atoms with Gasteiger partial charge in [-0.1, -0.05) is 19.1 Å². The maximum absolute atomic E-state index is 12.8. The highest BCUT2D eigenvalue weighted by atomic mass is 16.2. The Labute approximate surface area is 170 Å². The van der Waals surface area contributed by atoms with Gasteiger partial charge in [-0.05, 0) is 50.2 Å².